The first kappa shape index (κ1) is 37.2. The number of carbonyl (C=O) groups excluding carboxylic acids is 1. The molecule has 1 amide bonds. The first-order valence-corrected chi connectivity index (χ1v) is 19.9. The Labute approximate surface area is 323 Å². The van der Waals surface area contributed by atoms with E-state index in [9.17, 15) is 14.7 Å². The number of aliphatic carboxylic acids is 1. The van der Waals surface area contributed by atoms with Crippen molar-refractivity contribution in [2.45, 2.75) is 89.8 Å². The van der Waals surface area contributed by atoms with Crippen LogP contribution in [-0.2, 0) is 29.0 Å². The van der Waals surface area contributed by atoms with Crippen LogP contribution in [0.5, 0.6) is 5.88 Å². The number of methoxy groups -OCH3 is 1. The van der Waals surface area contributed by atoms with E-state index in [4.69, 9.17) is 42.9 Å². The molecule has 4 heterocycles. The Morgan fingerprint density at radius 2 is 1.77 bits per heavy atom. The minimum absolute atomic E-state index is 0.140. The van der Waals surface area contributed by atoms with Crippen LogP contribution in [-0.4, -0.2) is 51.1 Å². The van der Waals surface area contributed by atoms with Gasteiger partial charge in [-0.15, -0.1) is 11.3 Å². The quantitative estimate of drug-likeness (QED) is 0.108. The molecule has 0 spiro atoms. The highest BCUT2D eigenvalue weighted by molar-refractivity contribution is 7.18. The summed E-state index contributed by atoms with van der Waals surface area (Å²) in [5.74, 6) is -0.191. The second-order valence-electron chi connectivity index (χ2n) is 14.1. The van der Waals surface area contributed by atoms with Crippen LogP contribution in [0.2, 0.25) is 10.0 Å². The number of carbonyl (C=O) groups is 2. The van der Waals surface area contributed by atoms with Gasteiger partial charge in [-0.2, -0.15) is 0 Å². The van der Waals surface area contributed by atoms with Crippen molar-refractivity contribution in [1.29, 1.82) is 0 Å². The van der Waals surface area contributed by atoms with Gasteiger partial charge in [0.25, 0.3) is 0 Å². The Hall–Kier alpha value is -4.09. The lowest BCUT2D eigenvalue weighted by Gasteiger charge is -2.26. The van der Waals surface area contributed by atoms with Gasteiger partial charge in [-0.05, 0) is 81.5 Å². The summed E-state index contributed by atoms with van der Waals surface area (Å²) in [7, 11) is 1.64. The number of halogens is 2. The molecule has 3 N–H and O–H groups in total. The van der Waals surface area contributed by atoms with E-state index in [0.29, 0.717) is 54.2 Å². The number of carboxylic acid groups (broad SMARTS) is 1. The molecule has 12 heteroatoms. The predicted octanol–water partition coefficient (Wildman–Crippen LogP) is 8.97. The Balaban J connectivity index is 1.08. The lowest BCUT2D eigenvalue weighted by Crippen LogP contribution is -2.34. The van der Waals surface area contributed by atoms with Crippen molar-refractivity contribution >= 4 is 56.6 Å². The van der Waals surface area contributed by atoms with Gasteiger partial charge in [0.15, 0.2) is 0 Å². The molecule has 0 radical (unpaired) electrons. The lowest BCUT2D eigenvalue weighted by molar-refractivity contribution is -0.142. The first-order chi connectivity index (χ1) is 25.7. The molecule has 2 fully saturated rings. The van der Waals surface area contributed by atoms with Crippen LogP contribution in [0, 0.1) is 12.8 Å². The van der Waals surface area contributed by atoms with E-state index in [2.05, 4.69) is 23.6 Å². The van der Waals surface area contributed by atoms with E-state index in [1.807, 2.05) is 48.7 Å². The Kier molecular flexibility index (Phi) is 11.6. The van der Waals surface area contributed by atoms with Gasteiger partial charge < -0.3 is 20.5 Å². The predicted molar refractivity (Wildman–Crippen MR) is 211 cm³/mol. The maximum absolute atomic E-state index is 11.6. The summed E-state index contributed by atoms with van der Waals surface area (Å²) in [4.78, 5) is 37.5. The van der Waals surface area contributed by atoms with Crippen LogP contribution in [0.1, 0.15) is 78.8 Å². The molecule has 1 aliphatic heterocycles. The molecular formula is C41H43Cl2N5O4S. The summed E-state index contributed by atoms with van der Waals surface area (Å²) < 4.78 is 6.85. The molecule has 1 saturated heterocycles. The lowest BCUT2D eigenvalue weighted by atomic mass is 9.86. The van der Waals surface area contributed by atoms with Crippen molar-refractivity contribution < 1.29 is 19.4 Å². The molecule has 9 nitrogen and oxygen atoms in total. The van der Waals surface area contributed by atoms with Gasteiger partial charge in [0, 0.05) is 59.9 Å². The summed E-state index contributed by atoms with van der Waals surface area (Å²) in [6, 6.07) is 16.5. The summed E-state index contributed by atoms with van der Waals surface area (Å²) >= 11 is 16.0. The molecule has 0 unspecified atom stereocenters. The molecule has 2 aliphatic rings. The monoisotopic (exact) mass is 771 g/mol. The molecule has 1 aliphatic carbocycles. The third-order valence-corrected chi connectivity index (χ3v) is 12.5. The third-order valence-electron chi connectivity index (χ3n) is 10.6. The second kappa shape index (κ2) is 16.5. The Morgan fingerprint density at radius 1 is 1.02 bits per heavy atom. The minimum atomic E-state index is -0.688. The number of nitrogens with zero attached hydrogens (tertiary/aromatic N) is 3. The number of thiazole rings is 1. The van der Waals surface area contributed by atoms with E-state index < -0.39 is 5.97 Å². The number of ether oxygens (including phenoxy) is 1. The van der Waals surface area contributed by atoms with Crippen molar-refractivity contribution in [2.24, 2.45) is 5.92 Å². The average Bonchev–Trinajstić information content (AvgIpc) is 3.78. The van der Waals surface area contributed by atoms with Gasteiger partial charge in [-0.25, -0.2) is 9.97 Å². The SMILES string of the molecule is COc1nc(-c2cccc(-c3cccc(Cc4nccc5sc(CNC6CCC(C(=O)O)CC6)nc45)c3Cl)c2Cl)cc(C)c1CCC[C@@H]1CCC(=O)N1. The number of nitrogens with one attached hydrogen (secondary N) is 2. The standard InChI is InChI=1S/C41H43Cl2N5O4S/c1-23-20-32(47-40(52-2)28(23)8-4-7-27-16-17-35(49)46-27)31-11-5-10-30(38(31)43)29-9-3-6-25(37(29)42)21-33-39-34(18-19-44-33)53-36(48-39)22-45-26-14-12-24(13-15-26)41(50)51/h3,5-6,9-11,18-20,24,26-27,45H,4,7-8,12-17,21-22H2,1-2H3,(H,46,49)(H,50,51)/t24?,26?,27-/m1/s1. The zero-order chi connectivity index (χ0) is 37.1. The van der Waals surface area contributed by atoms with Gasteiger partial charge in [-0.3, -0.25) is 14.6 Å². The molecule has 7 rings (SSSR count). The number of fused-ring (bicyclic) bond motifs is 1. The topological polar surface area (TPSA) is 126 Å². The van der Waals surface area contributed by atoms with Crippen molar-refractivity contribution in [3.63, 3.8) is 0 Å². The number of pyridine rings is 2. The average molecular weight is 773 g/mol. The molecule has 53 heavy (non-hydrogen) atoms. The molecule has 0 bridgehead atoms. The number of aromatic nitrogens is 3. The van der Waals surface area contributed by atoms with Gasteiger partial charge in [0.05, 0.1) is 39.2 Å². The first-order valence-electron chi connectivity index (χ1n) is 18.3. The number of carboxylic acids is 1. The van der Waals surface area contributed by atoms with Crippen LogP contribution in [0.4, 0.5) is 0 Å². The highest BCUT2D eigenvalue weighted by Crippen LogP contribution is 2.41. The fourth-order valence-corrected chi connectivity index (χ4v) is 9.23. The molecule has 1 atom stereocenters. The van der Waals surface area contributed by atoms with Crippen molar-refractivity contribution in [3.8, 4) is 28.3 Å². The summed E-state index contributed by atoms with van der Waals surface area (Å²) in [5, 5.41) is 18.1. The molecule has 5 aromatic rings. The van der Waals surface area contributed by atoms with Crippen LogP contribution >= 0.6 is 34.5 Å². The van der Waals surface area contributed by atoms with E-state index >= 15 is 0 Å². The van der Waals surface area contributed by atoms with Gasteiger partial charge in [0.1, 0.15) is 10.5 Å². The summed E-state index contributed by atoms with van der Waals surface area (Å²) in [5.41, 5.74) is 7.93. The third kappa shape index (κ3) is 8.36. The maximum Gasteiger partial charge on any atom is 0.306 e. The second-order valence-corrected chi connectivity index (χ2v) is 16.0. The summed E-state index contributed by atoms with van der Waals surface area (Å²) in [6.07, 6.45) is 9.63. The number of hydrogen-bond donors (Lipinski definition) is 3. The van der Waals surface area contributed by atoms with Gasteiger partial charge in [0.2, 0.25) is 11.8 Å². The normalized spacial score (nSPS) is 18.7. The van der Waals surface area contributed by atoms with E-state index in [0.717, 1.165) is 98.5 Å². The number of amides is 1. The number of aryl methyl sites for hydroxylation is 1. The maximum atomic E-state index is 11.6. The van der Waals surface area contributed by atoms with Gasteiger partial charge in [-0.1, -0.05) is 59.6 Å². The van der Waals surface area contributed by atoms with Crippen LogP contribution in [0.25, 0.3) is 32.6 Å². The molecule has 276 valence electrons. The molecule has 1 saturated carbocycles. The molecular weight excluding hydrogens is 729 g/mol. The number of hydrogen-bond acceptors (Lipinski definition) is 8. The van der Waals surface area contributed by atoms with Crippen LogP contribution < -0.4 is 15.4 Å². The van der Waals surface area contributed by atoms with Crippen molar-refractivity contribution in [1.82, 2.24) is 25.6 Å². The highest BCUT2D eigenvalue weighted by atomic mass is 35.5. The Morgan fingerprint density at radius 3 is 2.51 bits per heavy atom. The zero-order valence-corrected chi connectivity index (χ0v) is 32.2. The van der Waals surface area contributed by atoms with E-state index in [-0.39, 0.29) is 17.9 Å². The Bertz CT molecular complexity index is 2150. The van der Waals surface area contributed by atoms with Crippen molar-refractivity contribution in [3.05, 3.63) is 92.2 Å². The fraction of sp³-hybridized carbons (Fsp3) is 0.390. The van der Waals surface area contributed by atoms with Gasteiger partial charge >= 0.3 is 5.97 Å². The molecule has 3 aromatic heterocycles. The smallest absolute Gasteiger partial charge is 0.306 e. The van der Waals surface area contributed by atoms with E-state index in [1.54, 1.807) is 18.4 Å². The fourth-order valence-electron chi connectivity index (χ4n) is 7.68. The largest absolute Gasteiger partial charge is 0.481 e. The van der Waals surface area contributed by atoms with E-state index in [1.165, 1.54) is 0 Å². The highest BCUT2D eigenvalue weighted by Gasteiger charge is 2.26. The summed E-state index contributed by atoms with van der Waals surface area (Å²) in [6.45, 7) is 2.71. The number of benzene rings is 2. The number of rotatable bonds is 13. The minimum Gasteiger partial charge on any atom is -0.481 e. The molecule has 2 aromatic carbocycles. The zero-order valence-electron chi connectivity index (χ0n) is 29.9. The van der Waals surface area contributed by atoms with Crippen molar-refractivity contribution in [2.75, 3.05) is 7.11 Å². The van der Waals surface area contributed by atoms with Crippen LogP contribution in [0.3, 0.4) is 0 Å². The van der Waals surface area contributed by atoms with Crippen LogP contribution in [0.15, 0.2) is 54.7 Å².